The van der Waals surface area contributed by atoms with Crippen molar-refractivity contribution < 1.29 is 0 Å². The van der Waals surface area contributed by atoms with E-state index in [2.05, 4.69) is 56.6 Å². The van der Waals surface area contributed by atoms with Gasteiger partial charge in [-0.25, -0.2) is 5.43 Å². The molecule has 2 nitrogen and oxygen atoms in total. The maximum atomic E-state index is 5.49. The molecule has 4 heteroatoms. The zero-order valence-electron chi connectivity index (χ0n) is 7.85. The van der Waals surface area contributed by atoms with Crippen LogP contribution in [0.25, 0.3) is 0 Å². The molecule has 1 unspecified atom stereocenters. The van der Waals surface area contributed by atoms with Gasteiger partial charge in [0.1, 0.15) is 0 Å². The molecule has 0 aliphatic carbocycles. The molecule has 1 rings (SSSR count). The molecule has 14 heavy (non-hydrogen) atoms. The summed E-state index contributed by atoms with van der Waals surface area (Å²) < 4.78 is 2.23. The summed E-state index contributed by atoms with van der Waals surface area (Å²) in [4.78, 5) is 0. The van der Waals surface area contributed by atoms with Crippen LogP contribution in [-0.4, -0.2) is 0 Å². The lowest BCUT2D eigenvalue weighted by Gasteiger charge is -2.18. The number of nitrogens with two attached hydrogens (primary N) is 1. The lowest BCUT2D eigenvalue weighted by molar-refractivity contribution is 0.624. The molecule has 0 heterocycles. The number of rotatable bonds is 3. The standard InChI is InChI=1S/C10H12BrIN2/c1-6(2)10(14-13)8-5-7(12)3-4-9(8)11/h3-5,10,14H,1,13H2,2H3. The average Bonchev–Trinajstić information content (AvgIpc) is 2.11. The van der Waals surface area contributed by atoms with E-state index in [1.54, 1.807) is 0 Å². The lowest BCUT2D eigenvalue weighted by atomic mass is 10.0. The van der Waals surface area contributed by atoms with Crippen LogP contribution < -0.4 is 11.3 Å². The Morgan fingerprint density at radius 1 is 1.64 bits per heavy atom. The van der Waals surface area contributed by atoms with Gasteiger partial charge >= 0.3 is 0 Å². The maximum Gasteiger partial charge on any atom is 0.0676 e. The molecule has 0 aliphatic rings. The van der Waals surface area contributed by atoms with Crippen LogP contribution in [0.15, 0.2) is 34.8 Å². The van der Waals surface area contributed by atoms with Crippen LogP contribution in [0.4, 0.5) is 0 Å². The zero-order valence-corrected chi connectivity index (χ0v) is 11.6. The van der Waals surface area contributed by atoms with Gasteiger partial charge in [0.05, 0.1) is 6.04 Å². The molecule has 3 N–H and O–H groups in total. The van der Waals surface area contributed by atoms with Crippen LogP contribution in [-0.2, 0) is 0 Å². The van der Waals surface area contributed by atoms with Crippen molar-refractivity contribution in [1.29, 1.82) is 0 Å². The molecule has 0 amide bonds. The summed E-state index contributed by atoms with van der Waals surface area (Å²) >= 11 is 5.78. The van der Waals surface area contributed by atoms with Gasteiger partial charge in [0, 0.05) is 8.04 Å². The van der Waals surface area contributed by atoms with Crippen LogP contribution in [0.3, 0.4) is 0 Å². The van der Waals surface area contributed by atoms with Gasteiger partial charge in [-0.2, -0.15) is 0 Å². The Bertz CT molecular complexity index is 352. The number of hydrogen-bond donors (Lipinski definition) is 2. The number of hydrogen-bond acceptors (Lipinski definition) is 2. The summed E-state index contributed by atoms with van der Waals surface area (Å²) in [5, 5.41) is 0. The first-order chi connectivity index (χ1) is 6.56. The summed E-state index contributed by atoms with van der Waals surface area (Å²) in [6.45, 7) is 5.86. The monoisotopic (exact) mass is 366 g/mol. The topological polar surface area (TPSA) is 38.0 Å². The van der Waals surface area contributed by atoms with Crippen LogP contribution >= 0.6 is 38.5 Å². The third-order valence-electron chi connectivity index (χ3n) is 1.93. The van der Waals surface area contributed by atoms with Crippen molar-refractivity contribution in [3.8, 4) is 0 Å². The SMILES string of the molecule is C=C(C)C(NN)c1cc(I)ccc1Br. The smallest absolute Gasteiger partial charge is 0.0676 e. The van der Waals surface area contributed by atoms with E-state index in [1.807, 2.05) is 19.1 Å². The quantitative estimate of drug-likeness (QED) is 0.373. The average molecular weight is 367 g/mol. The van der Waals surface area contributed by atoms with Gasteiger partial charge in [-0.3, -0.25) is 5.84 Å². The van der Waals surface area contributed by atoms with E-state index < -0.39 is 0 Å². The van der Waals surface area contributed by atoms with E-state index in [4.69, 9.17) is 5.84 Å². The summed E-state index contributed by atoms with van der Waals surface area (Å²) in [5.74, 6) is 5.49. The highest BCUT2D eigenvalue weighted by Crippen LogP contribution is 2.28. The Morgan fingerprint density at radius 3 is 2.79 bits per heavy atom. The van der Waals surface area contributed by atoms with Gasteiger partial charge in [0.2, 0.25) is 0 Å². The molecule has 0 fully saturated rings. The van der Waals surface area contributed by atoms with Gasteiger partial charge < -0.3 is 0 Å². The first kappa shape index (κ1) is 12.2. The van der Waals surface area contributed by atoms with Crippen molar-refractivity contribution in [2.24, 2.45) is 5.84 Å². The van der Waals surface area contributed by atoms with Crippen molar-refractivity contribution in [1.82, 2.24) is 5.43 Å². The van der Waals surface area contributed by atoms with Crippen molar-refractivity contribution >= 4 is 38.5 Å². The molecule has 0 bridgehead atoms. The summed E-state index contributed by atoms with van der Waals surface area (Å²) in [6.07, 6.45) is 0. The van der Waals surface area contributed by atoms with E-state index in [1.165, 1.54) is 3.57 Å². The second-order valence-corrected chi connectivity index (χ2v) is 5.21. The van der Waals surface area contributed by atoms with Crippen molar-refractivity contribution in [2.75, 3.05) is 0 Å². The Morgan fingerprint density at radius 2 is 2.29 bits per heavy atom. The molecule has 0 aromatic heterocycles. The van der Waals surface area contributed by atoms with E-state index in [0.717, 1.165) is 15.6 Å². The van der Waals surface area contributed by atoms with Crippen molar-refractivity contribution in [3.05, 3.63) is 44.0 Å². The van der Waals surface area contributed by atoms with Crippen LogP contribution in [0.1, 0.15) is 18.5 Å². The number of halogens is 2. The highest BCUT2D eigenvalue weighted by Gasteiger charge is 2.13. The fourth-order valence-corrected chi connectivity index (χ4v) is 2.22. The number of hydrazine groups is 1. The molecule has 1 aromatic carbocycles. The fourth-order valence-electron chi connectivity index (χ4n) is 1.23. The van der Waals surface area contributed by atoms with E-state index in [9.17, 15) is 0 Å². The zero-order chi connectivity index (χ0) is 10.7. The first-order valence-corrected chi connectivity index (χ1v) is 6.00. The Labute approximate surface area is 106 Å². The predicted octanol–water partition coefficient (Wildman–Crippen LogP) is 3.13. The minimum Gasteiger partial charge on any atom is -0.271 e. The predicted molar refractivity (Wildman–Crippen MR) is 71.7 cm³/mol. The third-order valence-corrected chi connectivity index (χ3v) is 3.32. The molecule has 1 aromatic rings. The fraction of sp³-hybridized carbons (Fsp3) is 0.200. The molecule has 76 valence electrons. The number of benzene rings is 1. The number of nitrogens with one attached hydrogen (secondary N) is 1. The second kappa shape index (κ2) is 5.25. The van der Waals surface area contributed by atoms with Gasteiger partial charge in [0.25, 0.3) is 0 Å². The molecule has 0 saturated heterocycles. The molecule has 0 spiro atoms. The largest absolute Gasteiger partial charge is 0.271 e. The summed E-state index contributed by atoms with van der Waals surface area (Å²) in [7, 11) is 0. The Balaban J connectivity index is 3.15. The minimum absolute atomic E-state index is 0.000842. The Hall–Kier alpha value is 0.0900. The van der Waals surface area contributed by atoms with Crippen LogP contribution in [0.2, 0.25) is 0 Å². The summed E-state index contributed by atoms with van der Waals surface area (Å²) in [6, 6.07) is 6.15. The van der Waals surface area contributed by atoms with Gasteiger partial charge in [-0.05, 0) is 53.3 Å². The molecular weight excluding hydrogens is 355 g/mol. The van der Waals surface area contributed by atoms with Gasteiger partial charge in [-0.15, -0.1) is 0 Å². The van der Waals surface area contributed by atoms with E-state index in [-0.39, 0.29) is 6.04 Å². The van der Waals surface area contributed by atoms with Gasteiger partial charge in [0.15, 0.2) is 0 Å². The minimum atomic E-state index is -0.000842. The summed E-state index contributed by atoms with van der Waals surface area (Å²) in [5.41, 5.74) is 4.87. The third kappa shape index (κ3) is 2.79. The Kier molecular flexibility index (Phi) is 4.56. The van der Waals surface area contributed by atoms with E-state index in [0.29, 0.717) is 0 Å². The van der Waals surface area contributed by atoms with Crippen molar-refractivity contribution in [3.63, 3.8) is 0 Å². The first-order valence-electron chi connectivity index (χ1n) is 4.12. The van der Waals surface area contributed by atoms with E-state index >= 15 is 0 Å². The molecule has 1 atom stereocenters. The highest BCUT2D eigenvalue weighted by molar-refractivity contribution is 14.1. The van der Waals surface area contributed by atoms with Gasteiger partial charge in [-0.1, -0.05) is 28.1 Å². The van der Waals surface area contributed by atoms with Crippen LogP contribution in [0.5, 0.6) is 0 Å². The molecule has 0 radical (unpaired) electrons. The molecule has 0 aliphatic heterocycles. The van der Waals surface area contributed by atoms with Crippen molar-refractivity contribution in [2.45, 2.75) is 13.0 Å². The lowest BCUT2D eigenvalue weighted by Crippen LogP contribution is -2.28. The normalized spacial score (nSPS) is 12.6. The molecule has 0 saturated carbocycles. The maximum absolute atomic E-state index is 5.49. The van der Waals surface area contributed by atoms with Crippen LogP contribution in [0, 0.1) is 3.57 Å². The second-order valence-electron chi connectivity index (χ2n) is 3.11. The molecular formula is C10H12BrIN2. The highest BCUT2D eigenvalue weighted by atomic mass is 127.